The van der Waals surface area contributed by atoms with Crippen molar-refractivity contribution in [3.8, 4) is 0 Å². The van der Waals surface area contributed by atoms with Gasteiger partial charge in [0.05, 0.1) is 0 Å². The van der Waals surface area contributed by atoms with Gasteiger partial charge in [-0.1, -0.05) is 13.8 Å². The second kappa shape index (κ2) is 7.26. The number of carboxylic acid groups (broad SMARTS) is 1. The number of hydrogen-bond donors (Lipinski definition) is 2. The third kappa shape index (κ3) is 4.21. The lowest BCUT2D eigenvalue weighted by Gasteiger charge is -2.15. The summed E-state index contributed by atoms with van der Waals surface area (Å²) in [6, 6.07) is 4.11. The van der Waals surface area contributed by atoms with Crippen LogP contribution in [0, 0.1) is 12.8 Å². The van der Waals surface area contributed by atoms with Crippen molar-refractivity contribution in [3.05, 3.63) is 29.7 Å². The molecule has 0 aliphatic heterocycles. The minimum Gasteiger partial charge on any atom is -0.480 e. The largest absolute Gasteiger partial charge is 0.480 e. The number of rotatable bonds is 5. The number of aliphatic carboxylic acids is 1. The zero-order valence-electron chi connectivity index (χ0n) is 12.6. The van der Waals surface area contributed by atoms with Gasteiger partial charge in [0.15, 0.2) is 11.3 Å². The van der Waals surface area contributed by atoms with E-state index < -0.39 is 17.9 Å². The summed E-state index contributed by atoms with van der Waals surface area (Å²) in [5.41, 5.74) is 1.90. The first-order chi connectivity index (χ1) is 9.86. The summed E-state index contributed by atoms with van der Waals surface area (Å²) in [6.07, 6.45) is 0.360. The van der Waals surface area contributed by atoms with Gasteiger partial charge in [-0.3, -0.25) is 4.79 Å². The van der Waals surface area contributed by atoms with Gasteiger partial charge in [0.2, 0.25) is 0 Å². The van der Waals surface area contributed by atoms with Crippen LogP contribution in [-0.2, 0) is 4.79 Å². The number of carbonyl (C=O) groups is 2. The van der Waals surface area contributed by atoms with Crippen LogP contribution in [0.1, 0.15) is 36.5 Å². The van der Waals surface area contributed by atoms with E-state index in [2.05, 4.69) is 10.3 Å². The average molecular weight is 327 g/mol. The Morgan fingerprint density at radius 3 is 2.64 bits per heavy atom. The fourth-order valence-electron chi connectivity index (χ4n) is 2.06. The zero-order valence-corrected chi connectivity index (χ0v) is 13.4. The van der Waals surface area contributed by atoms with Gasteiger partial charge in [0.25, 0.3) is 5.91 Å². The maximum atomic E-state index is 12.1. The molecule has 2 heterocycles. The van der Waals surface area contributed by atoms with Crippen molar-refractivity contribution in [1.29, 1.82) is 0 Å². The molecule has 0 spiro atoms. The molecule has 0 aliphatic rings. The van der Waals surface area contributed by atoms with Crippen LogP contribution in [-0.4, -0.2) is 28.0 Å². The number of aryl methyl sites for hydroxylation is 1. The molecule has 2 rings (SSSR count). The van der Waals surface area contributed by atoms with Crippen LogP contribution < -0.4 is 5.32 Å². The predicted molar refractivity (Wildman–Crippen MR) is 84.3 cm³/mol. The lowest BCUT2D eigenvalue weighted by Crippen LogP contribution is -2.41. The van der Waals surface area contributed by atoms with E-state index in [1.807, 2.05) is 20.8 Å². The molecule has 2 N–H and O–H groups in total. The minimum absolute atomic E-state index is 0. The van der Waals surface area contributed by atoms with Crippen molar-refractivity contribution in [1.82, 2.24) is 10.3 Å². The van der Waals surface area contributed by atoms with E-state index in [9.17, 15) is 9.59 Å². The first kappa shape index (κ1) is 18.0. The number of carbonyl (C=O) groups excluding carboxylic acids is 1. The highest BCUT2D eigenvalue weighted by molar-refractivity contribution is 5.97. The first-order valence-electron chi connectivity index (χ1n) is 6.77. The third-order valence-electron chi connectivity index (χ3n) is 3.05. The third-order valence-corrected chi connectivity index (χ3v) is 3.05. The van der Waals surface area contributed by atoms with Crippen molar-refractivity contribution in [2.45, 2.75) is 33.2 Å². The lowest BCUT2D eigenvalue weighted by atomic mass is 10.0. The summed E-state index contributed by atoms with van der Waals surface area (Å²) >= 11 is 0. The number of pyridine rings is 1. The van der Waals surface area contributed by atoms with Gasteiger partial charge >= 0.3 is 5.97 Å². The van der Waals surface area contributed by atoms with E-state index >= 15 is 0 Å². The van der Waals surface area contributed by atoms with Crippen LogP contribution in [0.2, 0.25) is 0 Å². The van der Waals surface area contributed by atoms with E-state index in [0.29, 0.717) is 17.5 Å². The van der Waals surface area contributed by atoms with Gasteiger partial charge in [0, 0.05) is 11.8 Å². The van der Waals surface area contributed by atoms with Crippen LogP contribution >= 0.6 is 12.4 Å². The molecule has 1 amide bonds. The predicted octanol–water partition coefficient (Wildman–Crippen LogP) is 2.79. The van der Waals surface area contributed by atoms with Crippen LogP contribution in [0.15, 0.2) is 22.6 Å². The highest BCUT2D eigenvalue weighted by atomic mass is 35.5. The number of hydrogen-bond acceptors (Lipinski definition) is 4. The number of carboxylic acids is 1. The highest BCUT2D eigenvalue weighted by Gasteiger charge is 2.23. The standard InChI is InChI=1S/C15H18N2O4.ClH/c1-8(2)6-11(15(19)20)17-14(18)13-7-10-12(21-13)5-4-9(3)16-10;/h4-5,7-8,11H,6H2,1-3H3,(H,17,18)(H,19,20);1H/t11-;/m1./s1. The molecule has 0 saturated heterocycles. The smallest absolute Gasteiger partial charge is 0.326 e. The Kier molecular flexibility index (Phi) is 5.93. The van der Waals surface area contributed by atoms with Crippen molar-refractivity contribution in [2.24, 2.45) is 5.92 Å². The number of furan rings is 1. The molecular formula is C15H19ClN2O4. The van der Waals surface area contributed by atoms with Crippen LogP contribution in [0.3, 0.4) is 0 Å². The first-order valence-corrected chi connectivity index (χ1v) is 6.77. The monoisotopic (exact) mass is 326 g/mol. The molecule has 0 aromatic carbocycles. The fourth-order valence-corrected chi connectivity index (χ4v) is 2.06. The molecule has 1 atom stereocenters. The summed E-state index contributed by atoms with van der Waals surface area (Å²) in [5.74, 6) is -1.37. The molecule has 2 aromatic heterocycles. The summed E-state index contributed by atoms with van der Waals surface area (Å²) < 4.78 is 5.40. The molecule has 0 radical (unpaired) electrons. The molecule has 120 valence electrons. The Hall–Kier alpha value is -2.08. The molecule has 6 nitrogen and oxygen atoms in total. The van der Waals surface area contributed by atoms with E-state index in [4.69, 9.17) is 9.52 Å². The molecule has 0 unspecified atom stereocenters. The maximum absolute atomic E-state index is 12.1. The van der Waals surface area contributed by atoms with Gasteiger partial charge in [0.1, 0.15) is 11.6 Å². The maximum Gasteiger partial charge on any atom is 0.326 e. The normalized spacial score (nSPS) is 12.0. The summed E-state index contributed by atoms with van der Waals surface area (Å²) in [6.45, 7) is 5.64. The quantitative estimate of drug-likeness (QED) is 0.881. The Balaban J connectivity index is 0.00000242. The van der Waals surface area contributed by atoms with Gasteiger partial charge in [-0.25, -0.2) is 9.78 Å². The molecule has 0 aliphatic carbocycles. The second-order valence-electron chi connectivity index (χ2n) is 5.44. The van der Waals surface area contributed by atoms with Crippen molar-refractivity contribution in [2.75, 3.05) is 0 Å². The second-order valence-corrected chi connectivity index (χ2v) is 5.44. The number of aromatic nitrogens is 1. The zero-order chi connectivity index (χ0) is 15.6. The summed E-state index contributed by atoms with van der Waals surface area (Å²) in [5, 5.41) is 11.6. The van der Waals surface area contributed by atoms with Crippen molar-refractivity contribution >= 4 is 35.4 Å². The summed E-state index contributed by atoms with van der Waals surface area (Å²) in [7, 11) is 0. The number of halogens is 1. The van der Waals surface area contributed by atoms with Gasteiger partial charge in [-0.15, -0.1) is 12.4 Å². The van der Waals surface area contributed by atoms with E-state index in [-0.39, 0.29) is 24.1 Å². The molecule has 0 fully saturated rings. The average Bonchev–Trinajstić information content (AvgIpc) is 2.80. The van der Waals surface area contributed by atoms with Crippen molar-refractivity contribution in [3.63, 3.8) is 0 Å². The molecule has 0 bridgehead atoms. The Labute approximate surface area is 134 Å². The minimum atomic E-state index is -1.05. The number of fused-ring (bicyclic) bond motifs is 1. The fraction of sp³-hybridized carbons (Fsp3) is 0.400. The topological polar surface area (TPSA) is 92.4 Å². The van der Waals surface area contributed by atoms with Gasteiger partial charge in [-0.2, -0.15) is 0 Å². The molecule has 22 heavy (non-hydrogen) atoms. The number of nitrogens with one attached hydrogen (secondary N) is 1. The highest BCUT2D eigenvalue weighted by Crippen LogP contribution is 2.18. The Bertz CT molecular complexity index is 681. The Morgan fingerprint density at radius 2 is 2.05 bits per heavy atom. The van der Waals surface area contributed by atoms with Gasteiger partial charge < -0.3 is 14.8 Å². The van der Waals surface area contributed by atoms with Crippen LogP contribution in [0.25, 0.3) is 11.1 Å². The number of nitrogens with zero attached hydrogens (tertiary/aromatic N) is 1. The Morgan fingerprint density at radius 1 is 1.36 bits per heavy atom. The van der Waals surface area contributed by atoms with E-state index in [0.717, 1.165) is 5.69 Å². The molecular weight excluding hydrogens is 308 g/mol. The van der Waals surface area contributed by atoms with Gasteiger partial charge in [-0.05, 0) is 31.4 Å². The molecule has 0 saturated carbocycles. The molecule has 7 heteroatoms. The van der Waals surface area contributed by atoms with E-state index in [1.54, 1.807) is 12.1 Å². The molecule has 2 aromatic rings. The number of amides is 1. The summed E-state index contributed by atoms with van der Waals surface area (Å²) in [4.78, 5) is 27.5. The van der Waals surface area contributed by atoms with E-state index in [1.165, 1.54) is 6.07 Å². The lowest BCUT2D eigenvalue weighted by molar-refractivity contribution is -0.139. The van der Waals surface area contributed by atoms with Crippen LogP contribution in [0.5, 0.6) is 0 Å². The SMILES string of the molecule is Cc1ccc2oc(C(=O)N[C@H](CC(C)C)C(=O)O)cc2n1.Cl. The van der Waals surface area contributed by atoms with Crippen molar-refractivity contribution < 1.29 is 19.1 Å². The van der Waals surface area contributed by atoms with Crippen LogP contribution in [0.4, 0.5) is 0 Å².